The molecule has 0 radical (unpaired) electrons. The molecule has 0 unspecified atom stereocenters. The average Bonchev–Trinajstić information content (AvgIpc) is 2.97. The summed E-state index contributed by atoms with van der Waals surface area (Å²) in [7, 11) is 0. The fraction of sp³-hybridized carbons (Fsp3) is 0.0476. The predicted octanol–water partition coefficient (Wildman–Crippen LogP) is 5.64. The van der Waals surface area contributed by atoms with Crippen LogP contribution in [0.25, 0.3) is 16.8 Å². The molecule has 3 aromatic rings. The number of amides is 2. The highest BCUT2D eigenvalue weighted by Gasteiger charge is 2.35. The SMILES string of the molecule is O=C1S/C(=C\c2cc([N+](=O)[O-])ccc2Cl)C(=O)N1Cc1cccc2ccccc12. The molecule has 1 aliphatic rings. The maximum absolute atomic E-state index is 12.8. The smallest absolute Gasteiger partial charge is 0.268 e. The van der Waals surface area contributed by atoms with Crippen LogP contribution in [0.5, 0.6) is 0 Å². The number of carbonyl (C=O) groups excluding carboxylic acids is 2. The third kappa shape index (κ3) is 3.74. The lowest BCUT2D eigenvalue weighted by atomic mass is 10.0. The van der Waals surface area contributed by atoms with E-state index in [2.05, 4.69) is 0 Å². The first-order valence-electron chi connectivity index (χ1n) is 8.60. The summed E-state index contributed by atoms with van der Waals surface area (Å²) in [5.41, 5.74) is 1.03. The molecule has 1 aliphatic heterocycles. The van der Waals surface area contributed by atoms with E-state index in [0.717, 1.165) is 28.1 Å². The van der Waals surface area contributed by atoms with E-state index in [9.17, 15) is 19.7 Å². The van der Waals surface area contributed by atoms with Gasteiger partial charge in [-0.15, -0.1) is 0 Å². The van der Waals surface area contributed by atoms with Gasteiger partial charge in [0.05, 0.1) is 16.4 Å². The average molecular weight is 425 g/mol. The van der Waals surface area contributed by atoms with Gasteiger partial charge in [-0.2, -0.15) is 0 Å². The third-order valence-corrected chi connectivity index (χ3v) is 5.81. The molecule has 3 aromatic carbocycles. The van der Waals surface area contributed by atoms with Gasteiger partial charge in [0, 0.05) is 22.7 Å². The van der Waals surface area contributed by atoms with Crippen molar-refractivity contribution in [1.82, 2.24) is 4.90 Å². The number of halogens is 1. The minimum absolute atomic E-state index is 0.143. The standard InChI is InChI=1S/C21H13ClN2O4S/c22-18-9-8-16(24(27)28)10-15(18)11-19-20(25)23(21(26)29-19)12-14-6-3-5-13-4-1-2-7-17(13)14/h1-11H,12H2/b19-11-. The van der Waals surface area contributed by atoms with Crippen molar-refractivity contribution in [2.75, 3.05) is 0 Å². The fourth-order valence-electron chi connectivity index (χ4n) is 3.13. The lowest BCUT2D eigenvalue weighted by Crippen LogP contribution is -2.27. The summed E-state index contributed by atoms with van der Waals surface area (Å²) in [6.45, 7) is 0.145. The first-order chi connectivity index (χ1) is 13.9. The Morgan fingerprint density at radius 3 is 2.62 bits per heavy atom. The Labute approximate surface area is 174 Å². The van der Waals surface area contributed by atoms with Crippen LogP contribution < -0.4 is 0 Å². The van der Waals surface area contributed by atoms with E-state index in [4.69, 9.17) is 11.6 Å². The van der Waals surface area contributed by atoms with Crippen LogP contribution in [0.15, 0.2) is 65.6 Å². The first kappa shape index (κ1) is 19.2. The molecule has 0 saturated carbocycles. The van der Waals surface area contributed by atoms with Gasteiger partial charge in [0.25, 0.3) is 16.8 Å². The Bertz CT molecular complexity index is 1200. The number of benzene rings is 3. The Kier molecular flexibility index (Phi) is 5.08. The lowest BCUT2D eigenvalue weighted by Gasteiger charge is -2.14. The van der Waals surface area contributed by atoms with Crippen molar-refractivity contribution in [3.63, 3.8) is 0 Å². The van der Waals surface area contributed by atoms with Gasteiger partial charge in [-0.05, 0) is 40.2 Å². The highest BCUT2D eigenvalue weighted by molar-refractivity contribution is 8.18. The van der Waals surface area contributed by atoms with E-state index < -0.39 is 16.1 Å². The van der Waals surface area contributed by atoms with E-state index in [1.54, 1.807) is 0 Å². The van der Waals surface area contributed by atoms with Gasteiger partial charge >= 0.3 is 0 Å². The van der Waals surface area contributed by atoms with Crippen LogP contribution in [0.1, 0.15) is 11.1 Å². The number of rotatable bonds is 4. The number of non-ortho nitro benzene ring substituents is 1. The fourth-order valence-corrected chi connectivity index (χ4v) is 4.13. The second kappa shape index (κ2) is 7.69. The van der Waals surface area contributed by atoms with Crippen LogP contribution >= 0.6 is 23.4 Å². The molecule has 6 nitrogen and oxygen atoms in total. The van der Waals surface area contributed by atoms with E-state index in [1.807, 2.05) is 42.5 Å². The molecule has 8 heteroatoms. The van der Waals surface area contributed by atoms with E-state index in [0.29, 0.717) is 5.56 Å². The summed E-state index contributed by atoms with van der Waals surface area (Å²) >= 11 is 6.90. The predicted molar refractivity (Wildman–Crippen MR) is 114 cm³/mol. The number of imide groups is 1. The van der Waals surface area contributed by atoms with Gasteiger partial charge in [0.15, 0.2) is 0 Å². The molecule has 1 fully saturated rings. The molecule has 0 spiro atoms. The quantitative estimate of drug-likeness (QED) is 0.307. The van der Waals surface area contributed by atoms with Crippen LogP contribution in [-0.2, 0) is 11.3 Å². The molecule has 0 aromatic heterocycles. The topological polar surface area (TPSA) is 80.5 Å². The van der Waals surface area contributed by atoms with E-state index in [-0.39, 0.29) is 22.2 Å². The van der Waals surface area contributed by atoms with E-state index in [1.165, 1.54) is 29.2 Å². The Balaban J connectivity index is 1.65. The Morgan fingerprint density at radius 1 is 1.07 bits per heavy atom. The summed E-state index contributed by atoms with van der Waals surface area (Å²) in [5.74, 6) is -0.449. The molecule has 0 bridgehead atoms. The molecule has 1 heterocycles. The number of hydrogen-bond acceptors (Lipinski definition) is 5. The first-order valence-corrected chi connectivity index (χ1v) is 9.79. The largest absolute Gasteiger partial charge is 0.293 e. The molecule has 144 valence electrons. The summed E-state index contributed by atoms with van der Waals surface area (Å²) in [6.07, 6.45) is 1.42. The molecule has 2 amide bonds. The van der Waals surface area contributed by atoms with Crippen LogP contribution in [0.4, 0.5) is 10.5 Å². The molecule has 0 atom stereocenters. The third-order valence-electron chi connectivity index (χ3n) is 4.56. The number of nitro groups is 1. The zero-order chi connectivity index (χ0) is 20.5. The number of carbonyl (C=O) groups is 2. The van der Waals surface area contributed by atoms with Crippen molar-refractivity contribution in [1.29, 1.82) is 0 Å². The van der Waals surface area contributed by atoms with Gasteiger partial charge in [-0.3, -0.25) is 24.6 Å². The van der Waals surface area contributed by atoms with Crippen molar-refractivity contribution in [3.05, 3.63) is 91.8 Å². The summed E-state index contributed by atoms with van der Waals surface area (Å²) in [4.78, 5) is 37.1. The summed E-state index contributed by atoms with van der Waals surface area (Å²) < 4.78 is 0. The van der Waals surface area contributed by atoms with E-state index >= 15 is 0 Å². The summed E-state index contributed by atoms with van der Waals surface area (Å²) in [5, 5.41) is 12.9. The minimum atomic E-state index is -0.542. The van der Waals surface area contributed by atoms with Gasteiger partial charge in [-0.1, -0.05) is 54.1 Å². The number of fused-ring (bicyclic) bond motifs is 1. The van der Waals surface area contributed by atoms with Crippen molar-refractivity contribution in [2.45, 2.75) is 6.54 Å². The Hall–Kier alpha value is -3.16. The van der Waals surface area contributed by atoms with Crippen LogP contribution in [-0.4, -0.2) is 21.0 Å². The van der Waals surface area contributed by atoms with Crippen LogP contribution in [0.3, 0.4) is 0 Å². The second-order valence-electron chi connectivity index (χ2n) is 6.37. The molecule has 4 rings (SSSR count). The molecule has 29 heavy (non-hydrogen) atoms. The maximum Gasteiger partial charge on any atom is 0.293 e. The molecule has 0 aliphatic carbocycles. The van der Waals surface area contributed by atoms with Crippen LogP contribution in [0.2, 0.25) is 5.02 Å². The minimum Gasteiger partial charge on any atom is -0.268 e. The molecule has 0 N–H and O–H groups in total. The molecular weight excluding hydrogens is 412 g/mol. The zero-order valence-electron chi connectivity index (χ0n) is 14.9. The maximum atomic E-state index is 12.8. The van der Waals surface area contributed by atoms with Crippen LogP contribution in [0, 0.1) is 10.1 Å². The van der Waals surface area contributed by atoms with Gasteiger partial charge in [0.1, 0.15) is 0 Å². The highest BCUT2D eigenvalue weighted by Crippen LogP contribution is 2.35. The monoisotopic (exact) mass is 424 g/mol. The number of hydrogen-bond donors (Lipinski definition) is 0. The van der Waals surface area contributed by atoms with Crippen molar-refractivity contribution in [2.24, 2.45) is 0 Å². The second-order valence-corrected chi connectivity index (χ2v) is 7.77. The highest BCUT2D eigenvalue weighted by atomic mass is 35.5. The Morgan fingerprint density at radius 2 is 1.83 bits per heavy atom. The zero-order valence-corrected chi connectivity index (χ0v) is 16.4. The lowest BCUT2D eigenvalue weighted by molar-refractivity contribution is -0.384. The van der Waals surface area contributed by atoms with Crippen molar-refractivity contribution in [3.8, 4) is 0 Å². The number of thioether (sulfide) groups is 1. The normalized spacial score (nSPS) is 15.5. The van der Waals surface area contributed by atoms with Crippen molar-refractivity contribution < 1.29 is 14.5 Å². The summed E-state index contributed by atoms with van der Waals surface area (Å²) in [6, 6.07) is 17.4. The van der Waals surface area contributed by atoms with Gasteiger partial charge in [0.2, 0.25) is 0 Å². The molecular formula is C21H13ClN2O4S. The number of nitrogens with zero attached hydrogens (tertiary/aromatic N) is 2. The van der Waals surface area contributed by atoms with Gasteiger partial charge < -0.3 is 0 Å². The van der Waals surface area contributed by atoms with Gasteiger partial charge in [-0.25, -0.2) is 0 Å². The number of nitro benzene ring substituents is 1. The molecule has 1 saturated heterocycles. The van der Waals surface area contributed by atoms with Crippen molar-refractivity contribution >= 4 is 57.0 Å².